The lowest BCUT2D eigenvalue weighted by molar-refractivity contribution is 0.138. The van der Waals surface area contributed by atoms with Crippen molar-refractivity contribution in [2.75, 3.05) is 46.3 Å². The van der Waals surface area contributed by atoms with E-state index in [1.54, 1.807) is 7.11 Å². The summed E-state index contributed by atoms with van der Waals surface area (Å²) < 4.78 is 5.32. The van der Waals surface area contributed by atoms with Crippen LogP contribution in [0.15, 0.2) is 29.3 Å². The molecule has 25 heavy (non-hydrogen) atoms. The lowest BCUT2D eigenvalue weighted by atomic mass is 9.83. The third kappa shape index (κ3) is 5.92. The maximum atomic E-state index is 5.32. The molecule has 1 aromatic rings. The fourth-order valence-corrected chi connectivity index (χ4v) is 3.55. The number of benzene rings is 1. The van der Waals surface area contributed by atoms with E-state index in [-0.39, 0.29) is 0 Å². The molecule has 0 amide bonds. The Labute approximate surface area is 152 Å². The van der Waals surface area contributed by atoms with Gasteiger partial charge in [0.25, 0.3) is 0 Å². The van der Waals surface area contributed by atoms with E-state index < -0.39 is 0 Å². The SMILES string of the molecule is CN=C(NCc1ccc(N(C)C)cc1)NCC1(CCOC)CCCC1. The van der Waals surface area contributed by atoms with E-state index in [2.05, 4.69) is 58.9 Å². The Bertz CT molecular complexity index is 533. The molecule has 140 valence electrons. The Morgan fingerprint density at radius 3 is 2.40 bits per heavy atom. The van der Waals surface area contributed by atoms with Crippen LogP contribution in [0.3, 0.4) is 0 Å². The largest absolute Gasteiger partial charge is 0.385 e. The van der Waals surface area contributed by atoms with Gasteiger partial charge in [0.05, 0.1) is 0 Å². The zero-order chi connectivity index (χ0) is 18.1. The van der Waals surface area contributed by atoms with Crippen LogP contribution in [0.5, 0.6) is 0 Å². The smallest absolute Gasteiger partial charge is 0.191 e. The monoisotopic (exact) mass is 346 g/mol. The van der Waals surface area contributed by atoms with E-state index in [0.717, 1.165) is 32.1 Å². The molecule has 5 heteroatoms. The average Bonchev–Trinajstić information content (AvgIpc) is 3.09. The minimum Gasteiger partial charge on any atom is -0.385 e. The highest BCUT2D eigenvalue weighted by molar-refractivity contribution is 5.79. The quantitative estimate of drug-likeness (QED) is 0.561. The van der Waals surface area contributed by atoms with Crippen molar-refractivity contribution in [1.29, 1.82) is 0 Å². The first-order chi connectivity index (χ1) is 12.1. The number of anilines is 1. The molecule has 2 rings (SSSR count). The van der Waals surface area contributed by atoms with E-state index >= 15 is 0 Å². The van der Waals surface area contributed by atoms with Gasteiger partial charge in [-0.25, -0.2) is 0 Å². The highest BCUT2D eigenvalue weighted by Crippen LogP contribution is 2.40. The van der Waals surface area contributed by atoms with E-state index in [9.17, 15) is 0 Å². The van der Waals surface area contributed by atoms with Gasteiger partial charge in [0, 0.05) is 53.6 Å². The zero-order valence-electron chi connectivity index (χ0n) is 16.3. The van der Waals surface area contributed by atoms with Gasteiger partial charge in [-0.05, 0) is 42.4 Å². The highest BCUT2D eigenvalue weighted by atomic mass is 16.5. The van der Waals surface area contributed by atoms with Crippen LogP contribution in [-0.4, -0.2) is 47.4 Å². The second-order valence-corrected chi connectivity index (χ2v) is 7.29. The van der Waals surface area contributed by atoms with Crippen LogP contribution in [0.25, 0.3) is 0 Å². The van der Waals surface area contributed by atoms with E-state index in [0.29, 0.717) is 5.41 Å². The van der Waals surface area contributed by atoms with Crippen LogP contribution in [0, 0.1) is 5.41 Å². The summed E-state index contributed by atoms with van der Waals surface area (Å²) in [4.78, 5) is 6.49. The van der Waals surface area contributed by atoms with Crippen LogP contribution in [0.4, 0.5) is 5.69 Å². The van der Waals surface area contributed by atoms with Crippen LogP contribution < -0.4 is 15.5 Å². The highest BCUT2D eigenvalue weighted by Gasteiger charge is 2.33. The molecule has 0 bridgehead atoms. The summed E-state index contributed by atoms with van der Waals surface area (Å²) in [5.41, 5.74) is 2.83. The van der Waals surface area contributed by atoms with Crippen molar-refractivity contribution in [3.05, 3.63) is 29.8 Å². The van der Waals surface area contributed by atoms with Gasteiger partial charge < -0.3 is 20.3 Å². The molecule has 0 unspecified atom stereocenters. The summed E-state index contributed by atoms with van der Waals surface area (Å²) in [5.74, 6) is 0.875. The van der Waals surface area contributed by atoms with Crippen molar-refractivity contribution in [2.24, 2.45) is 10.4 Å². The standard InChI is InChI=1S/C20H34N4O/c1-21-19(22-15-17-7-9-18(10-8-17)24(2)3)23-16-20(13-14-25-4)11-5-6-12-20/h7-10H,5-6,11-16H2,1-4H3,(H2,21,22,23). The number of hydrogen-bond donors (Lipinski definition) is 2. The fourth-order valence-electron chi connectivity index (χ4n) is 3.55. The van der Waals surface area contributed by atoms with Crippen LogP contribution in [-0.2, 0) is 11.3 Å². The molecular weight excluding hydrogens is 312 g/mol. The number of rotatable bonds is 8. The first-order valence-electron chi connectivity index (χ1n) is 9.28. The van der Waals surface area contributed by atoms with Crippen molar-refractivity contribution < 1.29 is 4.74 Å². The van der Waals surface area contributed by atoms with Gasteiger partial charge in [-0.1, -0.05) is 25.0 Å². The Morgan fingerprint density at radius 1 is 1.16 bits per heavy atom. The molecule has 0 atom stereocenters. The third-order valence-electron chi connectivity index (χ3n) is 5.27. The number of methoxy groups -OCH3 is 1. The predicted octanol–water partition coefficient (Wildman–Crippen LogP) is 3.01. The van der Waals surface area contributed by atoms with Gasteiger partial charge >= 0.3 is 0 Å². The second kappa shape index (κ2) is 9.66. The summed E-state index contributed by atoms with van der Waals surface area (Å²) >= 11 is 0. The minimum absolute atomic E-state index is 0.362. The molecule has 1 aliphatic rings. The molecule has 1 fully saturated rings. The summed E-state index contributed by atoms with van der Waals surface area (Å²) in [7, 11) is 7.74. The maximum Gasteiger partial charge on any atom is 0.191 e. The third-order valence-corrected chi connectivity index (χ3v) is 5.27. The van der Waals surface area contributed by atoms with Gasteiger partial charge in [0.2, 0.25) is 0 Å². The van der Waals surface area contributed by atoms with E-state index in [1.165, 1.54) is 36.9 Å². The maximum absolute atomic E-state index is 5.32. The van der Waals surface area contributed by atoms with Gasteiger partial charge in [0.1, 0.15) is 0 Å². The van der Waals surface area contributed by atoms with E-state index in [4.69, 9.17) is 4.74 Å². The molecular formula is C20H34N4O. The number of hydrogen-bond acceptors (Lipinski definition) is 3. The van der Waals surface area contributed by atoms with Gasteiger partial charge in [-0.3, -0.25) is 4.99 Å². The fraction of sp³-hybridized carbons (Fsp3) is 0.650. The molecule has 1 aliphatic carbocycles. The molecule has 1 aromatic carbocycles. The lowest BCUT2D eigenvalue weighted by Gasteiger charge is -2.30. The molecule has 0 saturated heterocycles. The van der Waals surface area contributed by atoms with Crippen LogP contribution >= 0.6 is 0 Å². The normalized spacial score (nSPS) is 16.7. The average molecular weight is 347 g/mol. The number of nitrogens with zero attached hydrogens (tertiary/aromatic N) is 2. The zero-order valence-corrected chi connectivity index (χ0v) is 16.3. The van der Waals surface area contributed by atoms with Crippen molar-refractivity contribution in [1.82, 2.24) is 10.6 Å². The van der Waals surface area contributed by atoms with E-state index in [1.807, 2.05) is 7.05 Å². The first kappa shape index (κ1) is 19.6. The lowest BCUT2D eigenvalue weighted by Crippen LogP contribution is -2.43. The second-order valence-electron chi connectivity index (χ2n) is 7.29. The Morgan fingerprint density at radius 2 is 1.84 bits per heavy atom. The number of ether oxygens (including phenoxy) is 1. The van der Waals surface area contributed by atoms with Crippen molar-refractivity contribution in [3.8, 4) is 0 Å². The van der Waals surface area contributed by atoms with Crippen molar-refractivity contribution >= 4 is 11.6 Å². The molecule has 0 spiro atoms. The number of aliphatic imine (C=N–C) groups is 1. The molecule has 0 heterocycles. The van der Waals surface area contributed by atoms with Gasteiger partial charge in [-0.15, -0.1) is 0 Å². The number of guanidine groups is 1. The van der Waals surface area contributed by atoms with Crippen LogP contribution in [0.2, 0.25) is 0 Å². The van der Waals surface area contributed by atoms with Gasteiger partial charge in [0.15, 0.2) is 5.96 Å². The predicted molar refractivity (Wildman–Crippen MR) is 106 cm³/mol. The Kier molecular flexibility index (Phi) is 7.56. The van der Waals surface area contributed by atoms with Crippen molar-refractivity contribution in [2.45, 2.75) is 38.6 Å². The molecule has 2 N–H and O–H groups in total. The summed E-state index contributed by atoms with van der Waals surface area (Å²) in [6, 6.07) is 8.61. The topological polar surface area (TPSA) is 48.9 Å². The molecule has 1 saturated carbocycles. The Hall–Kier alpha value is -1.75. The minimum atomic E-state index is 0.362. The molecule has 5 nitrogen and oxygen atoms in total. The molecule has 0 radical (unpaired) electrons. The molecule has 0 aliphatic heterocycles. The number of nitrogens with one attached hydrogen (secondary N) is 2. The molecule has 0 aromatic heterocycles. The summed E-state index contributed by atoms with van der Waals surface area (Å²) in [6.07, 6.45) is 6.35. The summed E-state index contributed by atoms with van der Waals surface area (Å²) in [6.45, 7) is 2.58. The summed E-state index contributed by atoms with van der Waals surface area (Å²) in [5, 5.41) is 6.96. The van der Waals surface area contributed by atoms with Crippen molar-refractivity contribution in [3.63, 3.8) is 0 Å². The van der Waals surface area contributed by atoms with Gasteiger partial charge in [-0.2, -0.15) is 0 Å². The first-order valence-corrected chi connectivity index (χ1v) is 9.28. The van der Waals surface area contributed by atoms with Crippen LogP contribution in [0.1, 0.15) is 37.7 Å². The Balaban J connectivity index is 1.83.